The summed E-state index contributed by atoms with van der Waals surface area (Å²) in [7, 11) is -4.67. The van der Waals surface area contributed by atoms with Gasteiger partial charge in [-0.05, 0) is 0 Å². The van der Waals surface area contributed by atoms with E-state index in [1.807, 2.05) is 0 Å². The van der Waals surface area contributed by atoms with Crippen molar-refractivity contribution in [2.45, 2.75) is 33.1 Å². The summed E-state index contributed by atoms with van der Waals surface area (Å²) in [5, 5.41) is 0. The number of hydrogen-bond acceptors (Lipinski definition) is 2. The second-order valence-corrected chi connectivity index (χ2v) is 2.70. The Balaban J connectivity index is -0.0000000457. The largest absolute Gasteiger partial charge is 1.00 e. The SMILES string of the molecule is CCCCC.O=S(=O)(O)O.[H-].[Na+]. The minimum atomic E-state index is -4.67. The zero-order valence-electron chi connectivity index (χ0n) is 8.24. The molecule has 11 heavy (non-hydrogen) atoms. The maximum absolute atomic E-state index is 8.74. The van der Waals surface area contributed by atoms with Crippen molar-refractivity contribution in [3.8, 4) is 0 Å². The molecule has 0 aromatic heterocycles. The molecule has 0 bridgehead atoms. The molecule has 0 atom stereocenters. The standard InChI is InChI=1S/C5H12.Na.H2O4S.H/c1-3-5-4-2;;1-5(2,3)4;/h3-5H2,1-2H3;;(H2,1,2,3,4);/q;+1;;-1. The second-order valence-electron chi connectivity index (χ2n) is 1.80. The summed E-state index contributed by atoms with van der Waals surface area (Å²) in [4.78, 5) is 0. The van der Waals surface area contributed by atoms with Crippen LogP contribution in [0.4, 0.5) is 0 Å². The van der Waals surface area contributed by atoms with Gasteiger partial charge in [0.15, 0.2) is 0 Å². The Morgan fingerprint density at radius 3 is 1.36 bits per heavy atom. The van der Waals surface area contributed by atoms with Gasteiger partial charge in [0.2, 0.25) is 0 Å². The molecular weight excluding hydrogens is 179 g/mol. The maximum atomic E-state index is 8.74. The molecule has 0 unspecified atom stereocenters. The van der Waals surface area contributed by atoms with E-state index in [4.69, 9.17) is 17.5 Å². The first kappa shape index (κ1) is 17.8. The van der Waals surface area contributed by atoms with Crippen molar-refractivity contribution < 1.29 is 48.5 Å². The zero-order chi connectivity index (χ0) is 8.62. The summed E-state index contributed by atoms with van der Waals surface area (Å²) in [6.07, 6.45) is 4.08. The molecule has 0 heterocycles. The Bertz CT molecular complexity index is 138. The zero-order valence-corrected chi connectivity index (χ0v) is 10.1. The molecule has 0 aromatic rings. The summed E-state index contributed by atoms with van der Waals surface area (Å²) in [6.45, 7) is 4.42. The van der Waals surface area contributed by atoms with E-state index in [-0.39, 0.29) is 31.0 Å². The summed E-state index contributed by atoms with van der Waals surface area (Å²) in [6, 6.07) is 0. The van der Waals surface area contributed by atoms with E-state index in [0.29, 0.717) is 0 Å². The molecule has 4 nitrogen and oxygen atoms in total. The predicted octanol–water partition coefficient (Wildman–Crippen LogP) is -1.34. The molecule has 0 radical (unpaired) electrons. The van der Waals surface area contributed by atoms with Gasteiger partial charge in [0.25, 0.3) is 0 Å². The van der Waals surface area contributed by atoms with Gasteiger partial charge >= 0.3 is 40.0 Å². The van der Waals surface area contributed by atoms with Crippen LogP contribution >= 0.6 is 0 Å². The molecule has 0 spiro atoms. The third kappa shape index (κ3) is 104. The van der Waals surface area contributed by atoms with Crippen LogP contribution in [0.25, 0.3) is 0 Å². The van der Waals surface area contributed by atoms with E-state index in [0.717, 1.165) is 0 Å². The molecule has 2 N–H and O–H groups in total. The van der Waals surface area contributed by atoms with Crippen LogP contribution in [-0.4, -0.2) is 17.5 Å². The van der Waals surface area contributed by atoms with Crippen molar-refractivity contribution in [3.63, 3.8) is 0 Å². The first-order valence-electron chi connectivity index (χ1n) is 3.11. The van der Waals surface area contributed by atoms with Crippen molar-refractivity contribution in [1.82, 2.24) is 0 Å². The van der Waals surface area contributed by atoms with Gasteiger partial charge in [0, 0.05) is 0 Å². The predicted molar refractivity (Wildman–Crippen MR) is 40.5 cm³/mol. The fourth-order valence-electron chi connectivity index (χ4n) is 0.354. The first-order chi connectivity index (χ1) is 4.41. The van der Waals surface area contributed by atoms with Crippen LogP contribution in [0.3, 0.4) is 0 Å². The van der Waals surface area contributed by atoms with Crippen LogP contribution in [0.1, 0.15) is 34.5 Å². The molecule has 0 rings (SSSR count). The monoisotopic (exact) mass is 194 g/mol. The quantitative estimate of drug-likeness (QED) is 0.421. The molecule has 0 fully saturated rings. The van der Waals surface area contributed by atoms with Crippen LogP contribution in [0.5, 0.6) is 0 Å². The normalized spacial score (nSPS) is 9.09. The van der Waals surface area contributed by atoms with Gasteiger partial charge in [-0.25, -0.2) is 0 Å². The van der Waals surface area contributed by atoms with E-state index in [2.05, 4.69) is 13.8 Å². The Kier molecular flexibility index (Phi) is 17.6. The van der Waals surface area contributed by atoms with Gasteiger partial charge in [0.05, 0.1) is 0 Å². The molecule has 0 aliphatic carbocycles. The number of rotatable bonds is 2. The fourth-order valence-corrected chi connectivity index (χ4v) is 0.354. The van der Waals surface area contributed by atoms with Crippen molar-refractivity contribution >= 4 is 10.4 Å². The van der Waals surface area contributed by atoms with Crippen molar-refractivity contribution in [2.24, 2.45) is 0 Å². The second kappa shape index (κ2) is 10.9. The molecule has 0 saturated carbocycles. The first-order valence-corrected chi connectivity index (χ1v) is 4.51. The van der Waals surface area contributed by atoms with Crippen molar-refractivity contribution in [2.75, 3.05) is 0 Å². The van der Waals surface area contributed by atoms with Gasteiger partial charge in [-0.2, -0.15) is 8.42 Å². The van der Waals surface area contributed by atoms with Crippen LogP contribution in [0.2, 0.25) is 0 Å². The third-order valence-corrected chi connectivity index (χ3v) is 0.707. The summed E-state index contributed by atoms with van der Waals surface area (Å²) in [5.74, 6) is 0. The van der Waals surface area contributed by atoms with E-state index in [9.17, 15) is 0 Å². The van der Waals surface area contributed by atoms with E-state index in [1.54, 1.807) is 0 Å². The summed E-state index contributed by atoms with van der Waals surface area (Å²) >= 11 is 0. The van der Waals surface area contributed by atoms with E-state index < -0.39 is 10.4 Å². The maximum Gasteiger partial charge on any atom is 1.00 e. The summed E-state index contributed by atoms with van der Waals surface area (Å²) in [5.41, 5.74) is 0. The molecule has 66 valence electrons. The molecule has 0 aromatic carbocycles. The van der Waals surface area contributed by atoms with Crippen molar-refractivity contribution in [3.05, 3.63) is 0 Å². The average molecular weight is 194 g/mol. The van der Waals surface area contributed by atoms with Crippen LogP contribution in [0.15, 0.2) is 0 Å². The Morgan fingerprint density at radius 1 is 1.18 bits per heavy atom. The van der Waals surface area contributed by atoms with Crippen molar-refractivity contribution in [1.29, 1.82) is 0 Å². The van der Waals surface area contributed by atoms with Gasteiger partial charge in [-0.15, -0.1) is 0 Å². The van der Waals surface area contributed by atoms with Crippen LogP contribution in [-0.2, 0) is 10.4 Å². The van der Waals surface area contributed by atoms with Crippen LogP contribution < -0.4 is 29.6 Å². The van der Waals surface area contributed by atoms with Crippen LogP contribution in [0, 0.1) is 0 Å². The number of unbranched alkanes of at least 4 members (excludes halogenated alkanes) is 2. The third-order valence-electron chi connectivity index (χ3n) is 0.707. The van der Waals surface area contributed by atoms with E-state index in [1.165, 1.54) is 19.3 Å². The minimum absolute atomic E-state index is 0. The minimum Gasteiger partial charge on any atom is -1.00 e. The molecule has 0 amide bonds. The molecular formula is C5H15NaO4S. The molecule has 0 saturated heterocycles. The topological polar surface area (TPSA) is 74.6 Å². The summed E-state index contributed by atoms with van der Waals surface area (Å²) < 4.78 is 31.6. The van der Waals surface area contributed by atoms with Gasteiger partial charge < -0.3 is 1.43 Å². The van der Waals surface area contributed by atoms with Gasteiger partial charge in [-0.1, -0.05) is 33.1 Å². The fraction of sp³-hybridized carbons (Fsp3) is 1.00. The molecule has 0 aliphatic heterocycles. The van der Waals surface area contributed by atoms with Gasteiger partial charge in [0.1, 0.15) is 0 Å². The van der Waals surface area contributed by atoms with Gasteiger partial charge in [-0.3, -0.25) is 9.11 Å². The smallest absolute Gasteiger partial charge is 1.00 e. The van der Waals surface area contributed by atoms with E-state index >= 15 is 0 Å². The molecule has 6 heteroatoms. The average Bonchev–Trinajstić information content (AvgIpc) is 1.63. The molecule has 0 aliphatic rings. The Labute approximate surface area is 91.7 Å². The Morgan fingerprint density at radius 2 is 1.36 bits per heavy atom. The Hall–Kier alpha value is 0.870. The number of hydrogen-bond donors (Lipinski definition) is 2.